The quantitative estimate of drug-likeness (QED) is 0.521. The van der Waals surface area contributed by atoms with Crippen LogP contribution in [0.5, 0.6) is 0 Å². The van der Waals surface area contributed by atoms with Gasteiger partial charge >= 0.3 is 5.97 Å². The molecule has 0 bridgehead atoms. The molecule has 0 amide bonds. The van der Waals surface area contributed by atoms with Gasteiger partial charge in [-0.2, -0.15) is 0 Å². The minimum atomic E-state index is -0.921. The Balaban J connectivity index is 3.63. The van der Waals surface area contributed by atoms with Crippen molar-refractivity contribution in [1.82, 2.24) is 0 Å². The van der Waals surface area contributed by atoms with E-state index >= 15 is 0 Å². The first-order valence-electron chi connectivity index (χ1n) is 4.35. The van der Waals surface area contributed by atoms with Crippen molar-refractivity contribution >= 4 is 5.97 Å². The number of rotatable bonds is 5. The van der Waals surface area contributed by atoms with Crippen molar-refractivity contribution in [3.63, 3.8) is 0 Å². The van der Waals surface area contributed by atoms with Gasteiger partial charge in [-0.15, -0.1) is 0 Å². The number of carboxylic acid groups (broad SMARTS) is 1. The topological polar surface area (TPSA) is 37.3 Å². The maximum atomic E-state index is 10.0. The summed E-state index contributed by atoms with van der Waals surface area (Å²) in [5, 5.41) is 8.25. The molecule has 0 spiro atoms. The maximum absolute atomic E-state index is 10.0. The average molecular weight is 180 g/mol. The van der Waals surface area contributed by atoms with E-state index in [2.05, 4.69) is 19.9 Å². The third kappa shape index (κ3) is 10.7. The highest BCUT2D eigenvalue weighted by atomic mass is 16.4. The summed E-state index contributed by atoms with van der Waals surface area (Å²) in [6.45, 7) is 4.30. The molecule has 0 heterocycles. The lowest BCUT2D eigenvalue weighted by Gasteiger charge is -1.94. The number of hydrogen-bond acceptors (Lipinski definition) is 1. The summed E-state index contributed by atoms with van der Waals surface area (Å²) in [4.78, 5) is 10.0. The van der Waals surface area contributed by atoms with E-state index in [1.165, 1.54) is 6.08 Å². The summed E-state index contributed by atoms with van der Waals surface area (Å²) >= 11 is 0. The molecule has 1 N–H and O–H groups in total. The van der Waals surface area contributed by atoms with E-state index in [0.29, 0.717) is 5.92 Å². The third-order valence-electron chi connectivity index (χ3n) is 1.32. The van der Waals surface area contributed by atoms with Crippen LogP contribution in [0.1, 0.15) is 20.3 Å². The van der Waals surface area contributed by atoms with E-state index in [0.717, 1.165) is 12.5 Å². The van der Waals surface area contributed by atoms with Crippen LogP contribution in [0, 0.1) is 5.92 Å². The number of hydrogen-bond donors (Lipinski definition) is 1. The number of aliphatic carboxylic acids is 1. The van der Waals surface area contributed by atoms with Gasteiger partial charge in [0.05, 0.1) is 0 Å². The molecule has 0 radical (unpaired) electrons. The van der Waals surface area contributed by atoms with Crippen molar-refractivity contribution < 1.29 is 9.90 Å². The second kappa shape index (κ2) is 7.35. The molecule has 72 valence electrons. The Labute approximate surface area is 79.3 Å². The van der Waals surface area contributed by atoms with Crippen molar-refractivity contribution in [3.05, 3.63) is 36.5 Å². The molecule has 13 heavy (non-hydrogen) atoms. The van der Waals surface area contributed by atoms with E-state index < -0.39 is 5.97 Å². The minimum Gasteiger partial charge on any atom is -0.478 e. The van der Waals surface area contributed by atoms with Crippen LogP contribution in [-0.2, 0) is 4.79 Å². The molecule has 0 saturated carbocycles. The highest BCUT2D eigenvalue weighted by Crippen LogP contribution is 1.99. The molecule has 0 saturated heterocycles. The Morgan fingerprint density at radius 3 is 2.38 bits per heavy atom. The second-order valence-electron chi connectivity index (χ2n) is 3.14. The normalized spacial score (nSPS) is 12.5. The first-order valence-corrected chi connectivity index (χ1v) is 4.35. The molecule has 0 aliphatic carbocycles. The first-order chi connectivity index (χ1) is 6.13. The SMILES string of the molecule is CC(C)CC=CC=CC=CC(=O)O. The molecular formula is C11H16O2. The number of carbonyl (C=O) groups is 1. The predicted octanol–water partition coefficient (Wildman–Crippen LogP) is 2.79. The van der Waals surface area contributed by atoms with Gasteiger partial charge in [-0.1, -0.05) is 44.2 Å². The summed E-state index contributed by atoms with van der Waals surface area (Å²) in [5.74, 6) is -0.255. The van der Waals surface area contributed by atoms with Gasteiger partial charge in [0.1, 0.15) is 0 Å². The zero-order chi connectivity index (χ0) is 10.1. The Morgan fingerprint density at radius 2 is 1.85 bits per heavy atom. The zero-order valence-corrected chi connectivity index (χ0v) is 8.10. The van der Waals surface area contributed by atoms with Gasteiger partial charge in [0.2, 0.25) is 0 Å². The van der Waals surface area contributed by atoms with Crippen LogP contribution in [0.4, 0.5) is 0 Å². The van der Waals surface area contributed by atoms with Gasteiger partial charge in [-0.05, 0) is 12.3 Å². The zero-order valence-electron chi connectivity index (χ0n) is 8.10. The lowest BCUT2D eigenvalue weighted by atomic mass is 10.1. The Kier molecular flexibility index (Phi) is 6.60. The summed E-state index contributed by atoms with van der Waals surface area (Å²) < 4.78 is 0. The van der Waals surface area contributed by atoms with E-state index in [1.807, 2.05) is 12.2 Å². The molecule has 0 aliphatic rings. The molecular weight excluding hydrogens is 164 g/mol. The standard InChI is InChI=1S/C11H16O2/c1-10(2)8-6-4-3-5-7-9-11(12)13/h3-7,9-10H,8H2,1-2H3,(H,12,13). The molecule has 0 atom stereocenters. The van der Waals surface area contributed by atoms with Gasteiger partial charge in [0.15, 0.2) is 0 Å². The molecule has 2 nitrogen and oxygen atoms in total. The molecule has 2 heteroatoms. The smallest absolute Gasteiger partial charge is 0.328 e. The lowest BCUT2D eigenvalue weighted by molar-refractivity contribution is -0.131. The number of carboxylic acids is 1. The van der Waals surface area contributed by atoms with Gasteiger partial charge < -0.3 is 5.11 Å². The van der Waals surface area contributed by atoms with Crippen molar-refractivity contribution in [2.75, 3.05) is 0 Å². The maximum Gasteiger partial charge on any atom is 0.328 e. The molecule has 0 aromatic carbocycles. The van der Waals surface area contributed by atoms with E-state index in [9.17, 15) is 4.79 Å². The highest BCUT2D eigenvalue weighted by Gasteiger charge is 1.84. The van der Waals surface area contributed by atoms with Crippen LogP contribution in [-0.4, -0.2) is 11.1 Å². The van der Waals surface area contributed by atoms with Crippen LogP contribution >= 0.6 is 0 Å². The van der Waals surface area contributed by atoms with Gasteiger partial charge in [0, 0.05) is 6.08 Å². The molecule has 0 aromatic rings. The Hall–Kier alpha value is -1.31. The predicted molar refractivity (Wildman–Crippen MR) is 54.5 cm³/mol. The van der Waals surface area contributed by atoms with Crippen molar-refractivity contribution in [3.8, 4) is 0 Å². The van der Waals surface area contributed by atoms with Crippen LogP contribution in [0.2, 0.25) is 0 Å². The van der Waals surface area contributed by atoms with Crippen molar-refractivity contribution in [2.45, 2.75) is 20.3 Å². The van der Waals surface area contributed by atoms with Crippen LogP contribution in [0.25, 0.3) is 0 Å². The summed E-state index contributed by atoms with van der Waals surface area (Å²) in [7, 11) is 0. The molecule has 0 aliphatic heterocycles. The van der Waals surface area contributed by atoms with Crippen molar-refractivity contribution in [1.29, 1.82) is 0 Å². The fourth-order valence-electron chi connectivity index (χ4n) is 0.695. The Bertz CT molecular complexity index is 222. The van der Waals surface area contributed by atoms with Crippen molar-refractivity contribution in [2.24, 2.45) is 5.92 Å². The fraction of sp³-hybridized carbons (Fsp3) is 0.364. The minimum absolute atomic E-state index is 0.666. The molecule has 0 unspecified atom stereocenters. The summed E-state index contributed by atoms with van der Waals surface area (Å²) in [5.41, 5.74) is 0. The molecule has 0 rings (SSSR count). The molecule has 0 fully saturated rings. The van der Waals surface area contributed by atoms with Gasteiger partial charge in [-0.25, -0.2) is 4.79 Å². The monoisotopic (exact) mass is 180 g/mol. The van der Waals surface area contributed by atoms with Crippen LogP contribution in [0.3, 0.4) is 0 Å². The van der Waals surface area contributed by atoms with Gasteiger partial charge in [0.25, 0.3) is 0 Å². The Morgan fingerprint density at radius 1 is 1.23 bits per heavy atom. The summed E-state index contributed by atoms with van der Waals surface area (Å²) in [6.07, 6.45) is 11.2. The van der Waals surface area contributed by atoms with E-state index in [-0.39, 0.29) is 0 Å². The highest BCUT2D eigenvalue weighted by molar-refractivity contribution is 5.80. The lowest BCUT2D eigenvalue weighted by Crippen LogP contribution is -1.84. The fourth-order valence-corrected chi connectivity index (χ4v) is 0.695. The summed E-state index contributed by atoms with van der Waals surface area (Å²) in [6, 6.07) is 0. The average Bonchev–Trinajstić information content (AvgIpc) is 2.01. The second-order valence-corrected chi connectivity index (χ2v) is 3.14. The van der Waals surface area contributed by atoms with Gasteiger partial charge in [-0.3, -0.25) is 0 Å². The van der Waals surface area contributed by atoms with Crippen LogP contribution in [0.15, 0.2) is 36.5 Å². The molecule has 0 aromatic heterocycles. The third-order valence-corrected chi connectivity index (χ3v) is 1.32. The van der Waals surface area contributed by atoms with E-state index in [4.69, 9.17) is 5.11 Å². The largest absolute Gasteiger partial charge is 0.478 e. The number of allylic oxidation sites excluding steroid dienone is 5. The van der Waals surface area contributed by atoms with E-state index in [1.54, 1.807) is 6.08 Å². The first kappa shape index (κ1) is 11.7. The van der Waals surface area contributed by atoms with Crippen LogP contribution < -0.4 is 0 Å².